The zero-order valence-electron chi connectivity index (χ0n) is 4.54. The lowest BCUT2D eigenvalue weighted by atomic mass is 10.3. The third kappa shape index (κ3) is 5.36. The molecule has 0 aliphatic heterocycles. The zero-order chi connectivity index (χ0) is 6.41. The van der Waals surface area contributed by atoms with Crippen LogP contribution in [0.15, 0.2) is 0 Å². The maximum Gasteiger partial charge on any atom is 0.204 e. The van der Waals surface area contributed by atoms with Crippen LogP contribution < -0.4 is 0 Å². The van der Waals surface area contributed by atoms with Crippen LogP contribution >= 0.6 is 0 Å². The average molecular weight is 119 g/mol. The molecule has 0 atom stereocenters. The highest BCUT2D eigenvalue weighted by atomic mass is 16.6. The number of aliphatic hydroxyl groups excluding tert-OH is 1. The predicted molar refractivity (Wildman–Crippen MR) is 28.2 cm³/mol. The molecule has 0 unspecified atom stereocenters. The summed E-state index contributed by atoms with van der Waals surface area (Å²) in [6, 6.07) is 0. The highest BCUT2D eigenvalue weighted by molar-refractivity contribution is 4.33. The molecule has 0 aliphatic rings. The topological polar surface area (TPSA) is 63.4 Å². The Kier molecular flexibility index (Phi) is 4.16. The van der Waals surface area contributed by atoms with Crippen molar-refractivity contribution >= 4 is 0 Å². The van der Waals surface area contributed by atoms with E-state index >= 15 is 0 Å². The first kappa shape index (κ1) is 7.36. The molecule has 0 spiro atoms. The molecular formula is C4H9NO3. The number of rotatable bonds is 4. The van der Waals surface area contributed by atoms with E-state index in [1.165, 1.54) is 0 Å². The van der Waals surface area contributed by atoms with Gasteiger partial charge in [-0.2, -0.15) is 0 Å². The molecule has 0 radical (unpaired) electrons. The van der Waals surface area contributed by atoms with Crippen molar-refractivity contribution in [2.45, 2.75) is 12.8 Å². The molecule has 4 heteroatoms. The summed E-state index contributed by atoms with van der Waals surface area (Å²) in [4.78, 5) is 9.22. The summed E-state index contributed by atoms with van der Waals surface area (Å²) in [6.07, 6.45) is 1.00. The fourth-order valence-corrected chi connectivity index (χ4v) is 0.353. The van der Waals surface area contributed by atoms with Gasteiger partial charge in [0, 0.05) is 18.0 Å². The lowest BCUT2D eigenvalue weighted by Crippen LogP contribution is -2.00. The molecule has 0 aromatic heterocycles. The third-order valence-electron chi connectivity index (χ3n) is 0.749. The van der Waals surface area contributed by atoms with Crippen molar-refractivity contribution in [2.24, 2.45) is 0 Å². The van der Waals surface area contributed by atoms with Crippen LogP contribution in [0, 0.1) is 10.1 Å². The van der Waals surface area contributed by atoms with Gasteiger partial charge in [-0.25, -0.2) is 0 Å². The van der Waals surface area contributed by atoms with Crippen LogP contribution in [-0.4, -0.2) is 23.2 Å². The van der Waals surface area contributed by atoms with Gasteiger partial charge in [0.05, 0.1) is 0 Å². The normalized spacial score (nSPS) is 9.12. The Morgan fingerprint density at radius 3 is 2.50 bits per heavy atom. The summed E-state index contributed by atoms with van der Waals surface area (Å²) in [7, 11) is 0. The molecule has 0 aromatic carbocycles. The fraction of sp³-hybridized carbons (Fsp3) is 1.00. The van der Waals surface area contributed by atoms with Gasteiger partial charge in [0.25, 0.3) is 0 Å². The van der Waals surface area contributed by atoms with E-state index in [1.54, 1.807) is 0 Å². The van der Waals surface area contributed by atoms with Gasteiger partial charge in [-0.3, -0.25) is 10.1 Å². The lowest BCUT2D eigenvalue weighted by Gasteiger charge is -1.88. The number of nitrogens with zero attached hydrogens (tertiary/aromatic N) is 1. The van der Waals surface area contributed by atoms with Crippen LogP contribution in [-0.2, 0) is 0 Å². The smallest absolute Gasteiger partial charge is 0.204 e. The van der Waals surface area contributed by atoms with Gasteiger partial charge in [-0.05, 0) is 6.42 Å². The van der Waals surface area contributed by atoms with Crippen molar-refractivity contribution < 1.29 is 10.0 Å². The second kappa shape index (κ2) is 4.52. The predicted octanol–water partition coefficient (Wildman–Crippen LogP) is 0.0356. The van der Waals surface area contributed by atoms with E-state index in [1.807, 2.05) is 0 Å². The van der Waals surface area contributed by atoms with E-state index in [2.05, 4.69) is 0 Å². The molecule has 0 rings (SSSR count). The molecule has 4 nitrogen and oxygen atoms in total. The monoisotopic (exact) mass is 119 g/mol. The number of aliphatic hydroxyl groups is 1. The summed E-state index contributed by atoms with van der Waals surface area (Å²) in [5.41, 5.74) is 0. The van der Waals surface area contributed by atoms with E-state index in [4.69, 9.17) is 5.11 Å². The first-order valence-electron chi connectivity index (χ1n) is 2.50. The van der Waals surface area contributed by atoms with Crippen molar-refractivity contribution in [3.05, 3.63) is 10.1 Å². The Balaban J connectivity index is 2.82. The maximum absolute atomic E-state index is 9.60. The first-order chi connectivity index (χ1) is 3.77. The fourth-order valence-electron chi connectivity index (χ4n) is 0.353. The Morgan fingerprint density at radius 2 is 2.12 bits per heavy atom. The Morgan fingerprint density at radius 1 is 1.50 bits per heavy atom. The van der Waals surface area contributed by atoms with Gasteiger partial charge in [0.15, 0.2) is 0 Å². The van der Waals surface area contributed by atoms with E-state index in [-0.39, 0.29) is 18.1 Å². The standard InChI is InChI=1S/C4H9NO3/c6-4-2-1-3-5(7)8/h6H,1-4H2. The van der Waals surface area contributed by atoms with Gasteiger partial charge < -0.3 is 5.11 Å². The summed E-state index contributed by atoms with van der Waals surface area (Å²) in [5.74, 6) is 0. The number of hydrogen-bond donors (Lipinski definition) is 1. The summed E-state index contributed by atoms with van der Waals surface area (Å²) in [5, 5.41) is 17.8. The molecule has 0 aliphatic carbocycles. The molecule has 48 valence electrons. The van der Waals surface area contributed by atoms with Crippen LogP contribution in [0.1, 0.15) is 12.8 Å². The largest absolute Gasteiger partial charge is 0.396 e. The Labute approximate surface area is 47.3 Å². The Bertz CT molecular complexity index is 73.7. The highest BCUT2D eigenvalue weighted by Crippen LogP contribution is 1.85. The summed E-state index contributed by atoms with van der Waals surface area (Å²) < 4.78 is 0. The molecule has 8 heavy (non-hydrogen) atoms. The SMILES string of the molecule is O=[N+]([O-])CCCCO. The molecular weight excluding hydrogens is 110 g/mol. The van der Waals surface area contributed by atoms with Crippen LogP contribution in [0.2, 0.25) is 0 Å². The van der Waals surface area contributed by atoms with Crippen LogP contribution in [0.5, 0.6) is 0 Å². The molecule has 0 saturated heterocycles. The van der Waals surface area contributed by atoms with Crippen molar-refractivity contribution in [2.75, 3.05) is 13.2 Å². The minimum Gasteiger partial charge on any atom is -0.396 e. The van der Waals surface area contributed by atoms with Crippen molar-refractivity contribution in [3.8, 4) is 0 Å². The molecule has 1 N–H and O–H groups in total. The van der Waals surface area contributed by atoms with Gasteiger partial charge in [-0.1, -0.05) is 0 Å². The van der Waals surface area contributed by atoms with Crippen LogP contribution in [0.25, 0.3) is 0 Å². The van der Waals surface area contributed by atoms with E-state index in [0.717, 1.165) is 0 Å². The van der Waals surface area contributed by atoms with Gasteiger partial charge in [0.1, 0.15) is 0 Å². The van der Waals surface area contributed by atoms with Crippen molar-refractivity contribution in [1.82, 2.24) is 0 Å². The second-order valence-corrected chi connectivity index (χ2v) is 1.49. The van der Waals surface area contributed by atoms with Crippen LogP contribution in [0.3, 0.4) is 0 Å². The summed E-state index contributed by atoms with van der Waals surface area (Å²) in [6.45, 7) is 0.0222. The van der Waals surface area contributed by atoms with E-state index < -0.39 is 0 Å². The molecule has 0 saturated carbocycles. The quantitative estimate of drug-likeness (QED) is 0.322. The molecule has 0 amide bonds. The maximum atomic E-state index is 9.60. The first-order valence-corrected chi connectivity index (χ1v) is 2.50. The number of nitro groups is 1. The highest BCUT2D eigenvalue weighted by Gasteiger charge is 1.93. The van der Waals surface area contributed by atoms with E-state index in [0.29, 0.717) is 12.8 Å². The van der Waals surface area contributed by atoms with Gasteiger partial charge in [0.2, 0.25) is 6.54 Å². The van der Waals surface area contributed by atoms with Crippen LogP contribution in [0.4, 0.5) is 0 Å². The van der Waals surface area contributed by atoms with E-state index in [9.17, 15) is 10.1 Å². The minimum atomic E-state index is -0.379. The third-order valence-corrected chi connectivity index (χ3v) is 0.749. The van der Waals surface area contributed by atoms with Gasteiger partial charge in [-0.15, -0.1) is 0 Å². The molecule has 0 heterocycles. The zero-order valence-corrected chi connectivity index (χ0v) is 4.54. The lowest BCUT2D eigenvalue weighted by molar-refractivity contribution is -0.480. The second-order valence-electron chi connectivity index (χ2n) is 1.49. The Hall–Kier alpha value is -0.640. The minimum absolute atomic E-state index is 0.0272. The average Bonchev–Trinajstić information content (AvgIpc) is 1.66. The number of hydrogen-bond acceptors (Lipinski definition) is 3. The number of unbranched alkanes of at least 4 members (excludes halogenated alkanes) is 1. The molecule has 0 bridgehead atoms. The molecule has 0 aromatic rings. The van der Waals surface area contributed by atoms with Crippen molar-refractivity contribution in [3.63, 3.8) is 0 Å². The summed E-state index contributed by atoms with van der Waals surface area (Å²) >= 11 is 0. The van der Waals surface area contributed by atoms with Gasteiger partial charge >= 0.3 is 0 Å². The molecule has 0 fully saturated rings. The van der Waals surface area contributed by atoms with Crippen molar-refractivity contribution in [1.29, 1.82) is 0 Å².